The molecule has 0 spiro atoms. The number of rotatable bonds is 10. The zero-order chi connectivity index (χ0) is 24.2. The Kier molecular flexibility index (Phi) is 8.34. The summed E-state index contributed by atoms with van der Waals surface area (Å²) in [5.41, 5.74) is 3.55. The molecule has 0 saturated carbocycles. The number of benzene rings is 1. The second kappa shape index (κ2) is 10.8. The van der Waals surface area contributed by atoms with Crippen molar-refractivity contribution in [3.8, 4) is 0 Å². The van der Waals surface area contributed by atoms with Gasteiger partial charge in [0.05, 0.1) is 36.0 Å². The molecule has 0 fully saturated rings. The van der Waals surface area contributed by atoms with Crippen LogP contribution in [0.2, 0.25) is 0 Å². The molecule has 178 valence electrons. The van der Waals surface area contributed by atoms with Crippen LogP contribution in [0.4, 0.5) is 5.69 Å². The van der Waals surface area contributed by atoms with Gasteiger partial charge in [-0.1, -0.05) is 26.0 Å². The van der Waals surface area contributed by atoms with E-state index in [2.05, 4.69) is 29.2 Å². The Balaban J connectivity index is 1.84. The molecule has 0 bridgehead atoms. The molecule has 0 unspecified atom stereocenters. The third-order valence-corrected chi connectivity index (χ3v) is 8.00. The molecule has 33 heavy (non-hydrogen) atoms. The number of thioether (sulfide) groups is 1. The highest BCUT2D eigenvalue weighted by molar-refractivity contribution is 8.00. The molecule has 1 amide bonds. The van der Waals surface area contributed by atoms with E-state index in [9.17, 15) is 9.36 Å². The minimum absolute atomic E-state index is 0.180. The van der Waals surface area contributed by atoms with Gasteiger partial charge in [-0.2, -0.15) is 5.10 Å². The summed E-state index contributed by atoms with van der Waals surface area (Å²) < 4.78 is 25.2. The smallest absolute Gasteiger partial charge is 0.322 e. The van der Waals surface area contributed by atoms with Crippen LogP contribution in [0, 0.1) is 6.92 Å². The summed E-state index contributed by atoms with van der Waals surface area (Å²) in [5.74, 6) is -0.238. The Morgan fingerprint density at radius 2 is 1.82 bits per heavy atom. The Hall–Kier alpha value is -2.19. The van der Waals surface area contributed by atoms with Crippen LogP contribution >= 0.6 is 19.4 Å². The number of nitrogens with zero attached hydrogens (tertiary/aromatic N) is 3. The highest BCUT2D eigenvalue weighted by Gasteiger charge is 2.24. The highest BCUT2D eigenvalue weighted by Crippen LogP contribution is 2.51. The van der Waals surface area contributed by atoms with Crippen molar-refractivity contribution in [1.82, 2.24) is 14.8 Å². The van der Waals surface area contributed by atoms with Gasteiger partial charge < -0.3 is 14.4 Å². The van der Waals surface area contributed by atoms with Crippen LogP contribution in [0.25, 0.3) is 11.0 Å². The Bertz CT molecular complexity index is 1170. The van der Waals surface area contributed by atoms with Gasteiger partial charge in [0.1, 0.15) is 0 Å². The van der Waals surface area contributed by atoms with Crippen molar-refractivity contribution in [1.29, 1.82) is 0 Å². The molecular weight excluding hydrogens is 459 g/mol. The number of anilines is 1. The van der Waals surface area contributed by atoms with E-state index in [1.165, 1.54) is 0 Å². The SMILES string of the molecule is CCOP(=O)(Cc1ccc(NC(=O)c2cnc3c(c(C)nn3C)c2SC(C)C)cc1)OCC. The number of fused-ring (bicyclic) bond motifs is 1. The maximum atomic E-state index is 13.2. The monoisotopic (exact) mass is 490 g/mol. The van der Waals surface area contributed by atoms with Crippen molar-refractivity contribution in [2.45, 2.75) is 50.9 Å². The van der Waals surface area contributed by atoms with E-state index in [1.807, 2.05) is 26.1 Å². The first-order chi connectivity index (χ1) is 15.7. The largest absolute Gasteiger partial charge is 0.335 e. The Morgan fingerprint density at radius 3 is 2.39 bits per heavy atom. The molecule has 3 aromatic rings. The van der Waals surface area contributed by atoms with E-state index in [0.717, 1.165) is 27.2 Å². The predicted molar refractivity (Wildman–Crippen MR) is 133 cm³/mol. The molecule has 0 atom stereocenters. The Labute approximate surface area is 199 Å². The van der Waals surface area contributed by atoms with Crippen LogP contribution in [-0.2, 0) is 26.8 Å². The van der Waals surface area contributed by atoms with E-state index in [-0.39, 0.29) is 17.3 Å². The first kappa shape index (κ1) is 25.4. The molecule has 0 radical (unpaired) electrons. The van der Waals surface area contributed by atoms with Crippen LogP contribution in [0.15, 0.2) is 35.4 Å². The fraction of sp³-hybridized carbons (Fsp3) is 0.435. The lowest BCUT2D eigenvalue weighted by Gasteiger charge is -2.17. The molecule has 0 aliphatic heterocycles. The van der Waals surface area contributed by atoms with Gasteiger partial charge in [0.25, 0.3) is 5.91 Å². The van der Waals surface area contributed by atoms with Gasteiger partial charge in [0, 0.05) is 29.1 Å². The summed E-state index contributed by atoms with van der Waals surface area (Å²) in [6.45, 7) is 10.3. The van der Waals surface area contributed by atoms with E-state index >= 15 is 0 Å². The molecule has 0 aliphatic rings. The van der Waals surface area contributed by atoms with Crippen molar-refractivity contribution < 1.29 is 18.4 Å². The third kappa shape index (κ3) is 6.03. The van der Waals surface area contributed by atoms with Crippen molar-refractivity contribution in [2.24, 2.45) is 7.05 Å². The average Bonchev–Trinajstić information content (AvgIpc) is 3.03. The van der Waals surface area contributed by atoms with E-state index in [4.69, 9.17) is 9.05 Å². The molecule has 2 aromatic heterocycles. The molecule has 0 saturated heterocycles. The lowest BCUT2D eigenvalue weighted by atomic mass is 10.1. The lowest BCUT2D eigenvalue weighted by Crippen LogP contribution is -2.14. The summed E-state index contributed by atoms with van der Waals surface area (Å²) in [6, 6.07) is 7.20. The molecule has 2 heterocycles. The second-order valence-corrected chi connectivity index (χ2v) is 11.5. The molecule has 0 aliphatic carbocycles. The standard InChI is InChI=1S/C23H31N4O4PS/c1-7-30-32(29,31-8-2)14-17-9-11-18(12-10-17)25-23(28)19-13-24-22-20(16(5)26-27(22)6)21(19)33-15(3)4/h9-13,15H,7-8,14H2,1-6H3,(H,25,28). The average molecular weight is 491 g/mol. The molecule has 3 rings (SSSR count). The number of pyridine rings is 1. The van der Waals surface area contributed by atoms with Gasteiger partial charge >= 0.3 is 7.60 Å². The molecule has 1 N–H and O–H groups in total. The fourth-order valence-corrected chi connectivity index (χ4v) is 6.34. The first-order valence-electron chi connectivity index (χ1n) is 10.9. The molecule has 10 heteroatoms. The number of carbonyl (C=O) groups is 1. The van der Waals surface area contributed by atoms with Crippen LogP contribution in [0.3, 0.4) is 0 Å². The summed E-state index contributed by atoms with van der Waals surface area (Å²) in [5, 5.41) is 8.61. The number of carbonyl (C=O) groups excluding carboxylic acids is 1. The number of hydrogen-bond donors (Lipinski definition) is 1. The van der Waals surface area contributed by atoms with Crippen molar-refractivity contribution in [2.75, 3.05) is 18.5 Å². The van der Waals surface area contributed by atoms with Gasteiger partial charge in [0.15, 0.2) is 5.65 Å². The maximum Gasteiger partial charge on any atom is 0.335 e. The topological polar surface area (TPSA) is 95.3 Å². The van der Waals surface area contributed by atoms with Crippen LogP contribution in [0.1, 0.15) is 49.3 Å². The Morgan fingerprint density at radius 1 is 1.18 bits per heavy atom. The summed E-state index contributed by atoms with van der Waals surface area (Å²) in [6.07, 6.45) is 1.79. The second-order valence-electron chi connectivity index (χ2n) is 7.83. The quantitative estimate of drug-likeness (QED) is 0.284. The maximum absolute atomic E-state index is 13.2. The zero-order valence-electron chi connectivity index (χ0n) is 19.9. The number of amides is 1. The van der Waals surface area contributed by atoms with Crippen LogP contribution in [-0.4, -0.2) is 39.1 Å². The zero-order valence-corrected chi connectivity index (χ0v) is 21.6. The highest BCUT2D eigenvalue weighted by atomic mass is 32.2. The van der Waals surface area contributed by atoms with Gasteiger partial charge in [-0.05, 0) is 38.5 Å². The van der Waals surface area contributed by atoms with Crippen LogP contribution in [0.5, 0.6) is 0 Å². The van der Waals surface area contributed by atoms with Gasteiger partial charge in [-0.3, -0.25) is 14.0 Å². The number of nitrogens with one attached hydrogen (secondary N) is 1. The van der Waals surface area contributed by atoms with Gasteiger partial charge in [-0.15, -0.1) is 11.8 Å². The third-order valence-electron chi connectivity index (χ3n) is 4.82. The molecule has 8 nitrogen and oxygen atoms in total. The summed E-state index contributed by atoms with van der Waals surface area (Å²) >= 11 is 1.63. The number of aryl methyl sites for hydroxylation is 2. The van der Waals surface area contributed by atoms with Gasteiger partial charge in [-0.25, -0.2) is 4.98 Å². The van der Waals surface area contributed by atoms with Gasteiger partial charge in [0.2, 0.25) is 0 Å². The van der Waals surface area contributed by atoms with Crippen molar-refractivity contribution >= 4 is 42.0 Å². The van der Waals surface area contributed by atoms with E-state index in [0.29, 0.717) is 24.5 Å². The first-order valence-corrected chi connectivity index (χ1v) is 13.6. The van der Waals surface area contributed by atoms with Crippen molar-refractivity contribution in [3.63, 3.8) is 0 Å². The number of hydrogen-bond acceptors (Lipinski definition) is 7. The van der Waals surface area contributed by atoms with E-state index in [1.54, 1.807) is 48.6 Å². The van der Waals surface area contributed by atoms with Crippen LogP contribution < -0.4 is 5.32 Å². The molecular formula is C23H31N4O4PS. The minimum Gasteiger partial charge on any atom is -0.322 e. The summed E-state index contributed by atoms with van der Waals surface area (Å²) in [7, 11) is -1.33. The predicted octanol–water partition coefficient (Wildman–Crippen LogP) is 5.80. The normalized spacial score (nSPS) is 12.0. The fourth-order valence-electron chi connectivity index (χ4n) is 3.54. The minimum atomic E-state index is -3.18. The molecule has 1 aromatic carbocycles. The lowest BCUT2D eigenvalue weighted by molar-refractivity contribution is 0.102. The van der Waals surface area contributed by atoms with E-state index < -0.39 is 7.60 Å². The number of aromatic nitrogens is 3. The summed E-state index contributed by atoms with van der Waals surface area (Å²) in [4.78, 5) is 18.6. The van der Waals surface area contributed by atoms with Crippen molar-refractivity contribution in [3.05, 3.63) is 47.3 Å².